The number of anilines is 2. The van der Waals surface area contributed by atoms with Crippen LogP contribution in [0, 0.1) is 5.82 Å². The van der Waals surface area contributed by atoms with Gasteiger partial charge in [-0.3, -0.25) is 4.99 Å². The molecule has 1 N–H and O–H groups in total. The second-order valence-corrected chi connectivity index (χ2v) is 6.53. The number of aromatic nitrogens is 1. The number of amidine groups is 1. The summed E-state index contributed by atoms with van der Waals surface area (Å²) in [5.41, 5.74) is 0.428. The molecule has 2 heterocycles. The lowest BCUT2D eigenvalue weighted by molar-refractivity contribution is -0.215. The molecule has 1 aliphatic heterocycles. The molecule has 0 radical (unpaired) electrons. The Morgan fingerprint density at radius 3 is 3.13 bits per heavy atom. The third-order valence-electron chi connectivity index (χ3n) is 3.56. The van der Waals surface area contributed by atoms with E-state index in [1.165, 1.54) is 18.2 Å². The van der Waals surface area contributed by atoms with E-state index in [-0.39, 0.29) is 11.1 Å². The number of halogens is 2. The zero-order valence-electron chi connectivity index (χ0n) is 12.2. The van der Waals surface area contributed by atoms with Gasteiger partial charge in [0.05, 0.1) is 17.1 Å². The van der Waals surface area contributed by atoms with Gasteiger partial charge in [-0.2, -0.15) is 0 Å². The molecule has 23 heavy (non-hydrogen) atoms. The fourth-order valence-electron chi connectivity index (χ4n) is 2.50. The van der Waals surface area contributed by atoms with Crippen LogP contribution in [0.25, 0.3) is 0 Å². The quantitative estimate of drug-likeness (QED) is 0.680. The molecule has 5 nitrogen and oxygen atoms in total. The molecule has 0 amide bonds. The molecule has 0 bridgehead atoms. The van der Waals surface area contributed by atoms with E-state index in [2.05, 4.69) is 20.2 Å². The van der Waals surface area contributed by atoms with Gasteiger partial charge >= 0.3 is 0 Å². The Labute approximate surface area is 142 Å². The third kappa shape index (κ3) is 4.11. The molecule has 1 aromatic heterocycles. The highest BCUT2D eigenvalue weighted by molar-refractivity contribution is 7.13. The molecule has 1 aromatic carbocycles. The SMILES string of the molecule is [O-]C(=NC1CCCN(c2nccs2)C1)Nc1ccc(F)c(Cl)c1. The van der Waals surface area contributed by atoms with Crippen molar-refractivity contribution in [3.05, 3.63) is 40.6 Å². The molecule has 0 spiro atoms. The maximum absolute atomic E-state index is 13.1. The van der Waals surface area contributed by atoms with E-state index < -0.39 is 11.8 Å². The zero-order valence-corrected chi connectivity index (χ0v) is 13.8. The van der Waals surface area contributed by atoms with Crippen LogP contribution in [0.3, 0.4) is 0 Å². The van der Waals surface area contributed by atoms with Crippen LogP contribution in [-0.4, -0.2) is 30.1 Å². The number of piperidine rings is 1. The Hall–Kier alpha value is -1.86. The zero-order chi connectivity index (χ0) is 16.2. The summed E-state index contributed by atoms with van der Waals surface area (Å²) in [5, 5.41) is 17.5. The minimum atomic E-state index is -0.520. The summed E-state index contributed by atoms with van der Waals surface area (Å²) in [7, 11) is 0. The molecular formula is C15H15ClFN4OS-. The number of hydrogen-bond acceptors (Lipinski definition) is 5. The second-order valence-electron chi connectivity index (χ2n) is 5.24. The Morgan fingerprint density at radius 2 is 2.39 bits per heavy atom. The molecule has 1 saturated heterocycles. The molecule has 0 saturated carbocycles. The summed E-state index contributed by atoms with van der Waals surface area (Å²) in [4.78, 5) is 10.6. The van der Waals surface area contributed by atoms with Crippen LogP contribution in [0.1, 0.15) is 12.8 Å². The number of nitrogens with one attached hydrogen (secondary N) is 1. The monoisotopic (exact) mass is 353 g/mol. The lowest BCUT2D eigenvalue weighted by Crippen LogP contribution is -2.39. The molecule has 0 aliphatic carbocycles. The fourth-order valence-corrected chi connectivity index (χ4v) is 3.36. The fraction of sp³-hybridized carbons (Fsp3) is 0.333. The lowest BCUT2D eigenvalue weighted by Gasteiger charge is -2.31. The van der Waals surface area contributed by atoms with Crippen LogP contribution in [-0.2, 0) is 0 Å². The average molecular weight is 354 g/mol. The molecule has 1 fully saturated rings. The van der Waals surface area contributed by atoms with E-state index >= 15 is 0 Å². The van der Waals surface area contributed by atoms with Crippen molar-refractivity contribution in [3.8, 4) is 0 Å². The van der Waals surface area contributed by atoms with E-state index in [0.29, 0.717) is 12.2 Å². The minimum Gasteiger partial charge on any atom is -0.846 e. The summed E-state index contributed by atoms with van der Waals surface area (Å²) in [6.45, 7) is 1.60. The van der Waals surface area contributed by atoms with Crippen LogP contribution in [0.2, 0.25) is 5.02 Å². The van der Waals surface area contributed by atoms with Gasteiger partial charge in [0, 0.05) is 30.4 Å². The number of hydrogen-bond donors (Lipinski definition) is 1. The van der Waals surface area contributed by atoms with E-state index in [9.17, 15) is 9.50 Å². The van der Waals surface area contributed by atoms with Crippen molar-refractivity contribution in [1.82, 2.24) is 4.98 Å². The molecule has 122 valence electrons. The standard InChI is InChI=1S/C15H16ClFN4OS/c16-12-8-10(3-4-13(12)17)19-14(22)20-11-2-1-6-21(9-11)15-18-5-7-23-15/h3-5,7-8,11H,1-2,6,9H2,(H2,19,20,22)/p-1. The summed E-state index contributed by atoms with van der Waals surface area (Å²) in [5.74, 6) is -0.520. The predicted molar refractivity (Wildman–Crippen MR) is 89.8 cm³/mol. The van der Waals surface area contributed by atoms with Crippen molar-refractivity contribution >= 4 is 39.8 Å². The van der Waals surface area contributed by atoms with Gasteiger partial charge in [0.2, 0.25) is 0 Å². The van der Waals surface area contributed by atoms with Crippen molar-refractivity contribution in [1.29, 1.82) is 0 Å². The van der Waals surface area contributed by atoms with Gasteiger partial charge < -0.3 is 15.3 Å². The van der Waals surface area contributed by atoms with Crippen LogP contribution in [0.5, 0.6) is 0 Å². The first kappa shape index (κ1) is 16.0. The van der Waals surface area contributed by atoms with E-state index in [1.54, 1.807) is 17.5 Å². The number of benzene rings is 1. The van der Waals surface area contributed by atoms with E-state index in [1.807, 2.05) is 5.38 Å². The van der Waals surface area contributed by atoms with Crippen LogP contribution < -0.4 is 15.3 Å². The van der Waals surface area contributed by atoms with Gasteiger partial charge in [-0.05, 0) is 31.0 Å². The number of aliphatic imine (C=N–C) groups is 1. The highest BCUT2D eigenvalue weighted by atomic mass is 35.5. The Balaban J connectivity index is 1.64. The normalized spacial score (nSPS) is 19.0. The summed E-state index contributed by atoms with van der Waals surface area (Å²) >= 11 is 7.27. The van der Waals surface area contributed by atoms with E-state index in [4.69, 9.17) is 11.6 Å². The van der Waals surface area contributed by atoms with Crippen LogP contribution in [0.4, 0.5) is 15.2 Å². The Bertz CT molecular complexity index is 695. The maximum atomic E-state index is 13.1. The topological polar surface area (TPSA) is 63.6 Å². The molecule has 3 rings (SSSR count). The van der Waals surface area contributed by atoms with Gasteiger partial charge in [0.1, 0.15) is 5.82 Å². The average Bonchev–Trinajstić information content (AvgIpc) is 3.05. The second kappa shape index (κ2) is 7.14. The first-order valence-electron chi connectivity index (χ1n) is 7.23. The molecule has 8 heteroatoms. The van der Waals surface area contributed by atoms with Crippen molar-refractivity contribution < 1.29 is 9.50 Å². The van der Waals surface area contributed by atoms with Crippen LogP contribution in [0.15, 0.2) is 34.8 Å². The third-order valence-corrected chi connectivity index (χ3v) is 4.68. The van der Waals surface area contributed by atoms with Gasteiger partial charge in [-0.15, -0.1) is 11.3 Å². The number of thiazole rings is 1. The molecule has 1 atom stereocenters. The Kier molecular flexibility index (Phi) is 4.97. The van der Waals surface area contributed by atoms with Gasteiger partial charge in [-0.1, -0.05) is 11.6 Å². The minimum absolute atomic E-state index is 0.0320. The highest BCUT2D eigenvalue weighted by Gasteiger charge is 2.20. The van der Waals surface area contributed by atoms with Crippen molar-refractivity contribution in [2.24, 2.45) is 4.99 Å². The van der Waals surface area contributed by atoms with Crippen molar-refractivity contribution in [3.63, 3.8) is 0 Å². The summed E-state index contributed by atoms with van der Waals surface area (Å²) in [6.07, 6.45) is 3.59. The molecule has 1 unspecified atom stereocenters. The lowest BCUT2D eigenvalue weighted by atomic mass is 10.1. The van der Waals surface area contributed by atoms with Crippen LogP contribution >= 0.6 is 22.9 Å². The predicted octanol–water partition coefficient (Wildman–Crippen LogP) is 2.73. The van der Waals surface area contributed by atoms with Gasteiger partial charge in [-0.25, -0.2) is 9.37 Å². The highest BCUT2D eigenvalue weighted by Crippen LogP contribution is 2.23. The number of nitrogens with zero attached hydrogens (tertiary/aromatic N) is 3. The Morgan fingerprint density at radius 1 is 1.52 bits per heavy atom. The first-order valence-corrected chi connectivity index (χ1v) is 8.49. The largest absolute Gasteiger partial charge is 0.846 e. The summed E-state index contributed by atoms with van der Waals surface area (Å²) in [6, 6.07) is 3.51. The maximum Gasteiger partial charge on any atom is 0.185 e. The number of rotatable bonds is 3. The van der Waals surface area contributed by atoms with Crippen molar-refractivity contribution in [2.75, 3.05) is 23.3 Å². The van der Waals surface area contributed by atoms with Crippen molar-refractivity contribution in [2.45, 2.75) is 18.9 Å². The van der Waals surface area contributed by atoms with Gasteiger partial charge in [0.25, 0.3) is 0 Å². The molecular weight excluding hydrogens is 339 g/mol. The first-order chi connectivity index (χ1) is 11.1. The summed E-state index contributed by atoms with van der Waals surface area (Å²) < 4.78 is 13.1. The smallest absolute Gasteiger partial charge is 0.185 e. The van der Waals surface area contributed by atoms with Gasteiger partial charge in [0.15, 0.2) is 5.13 Å². The molecule has 1 aliphatic rings. The van der Waals surface area contributed by atoms with E-state index in [0.717, 1.165) is 24.5 Å². The molecule has 2 aromatic rings.